The molecule has 0 aliphatic heterocycles. The third-order valence-electron chi connectivity index (χ3n) is 7.83. The number of hydrogen-bond acceptors (Lipinski definition) is 4. The molecule has 4 heteroatoms. The monoisotopic (exact) mass is 529 g/mol. The van der Waals surface area contributed by atoms with Crippen molar-refractivity contribution in [3.8, 4) is 0 Å². The van der Waals surface area contributed by atoms with Crippen LogP contribution in [0.4, 0.5) is 0 Å². The van der Waals surface area contributed by atoms with Crippen LogP contribution >= 0.6 is 0 Å². The average Bonchev–Trinajstić information content (AvgIpc) is 2.89. The number of hydrogen-bond donors (Lipinski definition) is 4. The second-order valence-corrected chi connectivity index (χ2v) is 12.3. The minimum Gasteiger partial charge on any atom is -0.394 e. The summed E-state index contributed by atoms with van der Waals surface area (Å²) in [5.41, 5.74) is 11.5. The fraction of sp³-hybridized carbons (Fsp3) is 1.00. The normalized spacial score (nSPS) is 14.6. The molecule has 0 aromatic heterocycles. The Balaban J connectivity index is 0. The van der Waals surface area contributed by atoms with E-state index in [4.69, 9.17) is 16.6 Å². The Hall–Kier alpha value is -0.160. The van der Waals surface area contributed by atoms with Gasteiger partial charge in [-0.15, -0.1) is 0 Å². The van der Waals surface area contributed by atoms with Gasteiger partial charge in [-0.2, -0.15) is 0 Å². The second-order valence-electron chi connectivity index (χ2n) is 12.3. The van der Waals surface area contributed by atoms with Gasteiger partial charge in [0.25, 0.3) is 0 Å². The summed E-state index contributed by atoms with van der Waals surface area (Å²) in [6.07, 6.45) is 32.0. The van der Waals surface area contributed by atoms with Gasteiger partial charge in [0.15, 0.2) is 0 Å². The van der Waals surface area contributed by atoms with Gasteiger partial charge >= 0.3 is 0 Å². The summed E-state index contributed by atoms with van der Waals surface area (Å²) in [7, 11) is 0. The maximum absolute atomic E-state index is 9.52. The molecular weight excluding hydrogens is 456 g/mol. The lowest BCUT2D eigenvalue weighted by Gasteiger charge is -2.27. The van der Waals surface area contributed by atoms with Crippen LogP contribution in [0.1, 0.15) is 188 Å². The Morgan fingerprint density at radius 3 is 0.973 bits per heavy atom. The number of unbranched alkanes of at least 4 members (excludes halogenated alkanes) is 19. The molecule has 0 amide bonds. The Bertz CT molecular complexity index is 431. The van der Waals surface area contributed by atoms with E-state index >= 15 is 0 Å². The van der Waals surface area contributed by atoms with Crippen molar-refractivity contribution < 1.29 is 10.2 Å². The van der Waals surface area contributed by atoms with E-state index in [-0.39, 0.29) is 24.3 Å². The predicted octanol–water partition coefficient (Wildman–Crippen LogP) is 9.18. The minimum absolute atomic E-state index is 0.102. The van der Waals surface area contributed by atoms with Crippen LogP contribution in [0.5, 0.6) is 0 Å². The van der Waals surface area contributed by atoms with E-state index in [1.165, 1.54) is 135 Å². The Labute approximate surface area is 234 Å². The molecule has 0 fully saturated rings. The van der Waals surface area contributed by atoms with E-state index in [1.54, 1.807) is 0 Å². The van der Waals surface area contributed by atoms with Gasteiger partial charge in [-0.3, -0.25) is 0 Å². The highest BCUT2D eigenvalue weighted by Gasteiger charge is 2.22. The van der Waals surface area contributed by atoms with Gasteiger partial charge in [-0.05, 0) is 26.2 Å². The average molecular weight is 529 g/mol. The Morgan fingerprint density at radius 2 is 0.676 bits per heavy atom. The molecule has 0 rings (SSSR count). The molecular formula is C33H72N2O2. The summed E-state index contributed by atoms with van der Waals surface area (Å²) in [5.74, 6) is 0. The van der Waals surface area contributed by atoms with Crippen molar-refractivity contribution in [1.29, 1.82) is 0 Å². The molecule has 0 bridgehead atoms. The summed E-state index contributed by atoms with van der Waals surface area (Å²) < 4.78 is 0. The van der Waals surface area contributed by atoms with E-state index in [9.17, 15) is 5.11 Å². The third kappa shape index (κ3) is 30.2. The van der Waals surface area contributed by atoms with Crippen molar-refractivity contribution in [2.75, 3.05) is 13.2 Å². The fourth-order valence-electron chi connectivity index (χ4n) is 4.89. The SMILES string of the molecule is CCCCCCCCCCC(N)(CO)CCCCCC.CCCCCCCCCCCCC(C)(N)CO. The van der Waals surface area contributed by atoms with Gasteiger partial charge in [-0.25, -0.2) is 0 Å². The van der Waals surface area contributed by atoms with Crippen LogP contribution in [0.3, 0.4) is 0 Å². The molecule has 0 saturated carbocycles. The topological polar surface area (TPSA) is 92.5 Å². The zero-order valence-electron chi connectivity index (χ0n) is 26.1. The summed E-state index contributed by atoms with van der Waals surface area (Å²) in [6, 6.07) is 0. The standard InChI is InChI=1S/C18H39NO.C15H33NO/c1-3-5-7-9-10-11-12-14-16-18(19,17-20)15-13-8-6-4-2;1-3-4-5-6-7-8-9-10-11-12-13-15(2,16)14-17/h20H,3-17,19H2,1-2H3;17H,3-14,16H2,1-2H3. The van der Waals surface area contributed by atoms with Crippen molar-refractivity contribution in [3.05, 3.63) is 0 Å². The maximum atomic E-state index is 9.52. The van der Waals surface area contributed by atoms with E-state index in [0.717, 1.165) is 25.7 Å². The molecule has 4 nitrogen and oxygen atoms in total. The third-order valence-corrected chi connectivity index (χ3v) is 7.83. The van der Waals surface area contributed by atoms with Crippen LogP contribution in [0, 0.1) is 0 Å². The number of nitrogens with two attached hydrogens (primary N) is 2. The molecule has 0 spiro atoms. The maximum Gasteiger partial charge on any atom is 0.0611 e. The molecule has 0 aromatic carbocycles. The lowest BCUT2D eigenvalue weighted by molar-refractivity contribution is 0.171. The van der Waals surface area contributed by atoms with Crippen molar-refractivity contribution >= 4 is 0 Å². The van der Waals surface area contributed by atoms with Gasteiger partial charge in [0.05, 0.1) is 13.2 Å². The first-order chi connectivity index (χ1) is 17.8. The van der Waals surface area contributed by atoms with Crippen LogP contribution in [0.25, 0.3) is 0 Å². The largest absolute Gasteiger partial charge is 0.394 e. The van der Waals surface area contributed by atoms with Crippen molar-refractivity contribution in [3.63, 3.8) is 0 Å². The fourth-order valence-corrected chi connectivity index (χ4v) is 4.89. The van der Waals surface area contributed by atoms with E-state index in [0.29, 0.717) is 0 Å². The lowest BCUT2D eigenvalue weighted by atomic mass is 9.88. The quantitative estimate of drug-likeness (QED) is 0.0799. The number of aliphatic hydroxyl groups is 2. The zero-order chi connectivity index (χ0) is 28.1. The molecule has 0 radical (unpaired) electrons. The Morgan fingerprint density at radius 1 is 0.405 bits per heavy atom. The highest BCUT2D eigenvalue weighted by molar-refractivity contribution is 4.83. The molecule has 0 aliphatic rings. The van der Waals surface area contributed by atoms with Gasteiger partial charge in [-0.1, -0.05) is 162 Å². The van der Waals surface area contributed by atoms with Gasteiger partial charge in [0.2, 0.25) is 0 Å². The number of rotatable bonds is 27. The Kier molecular flexibility index (Phi) is 30.4. The molecule has 0 aliphatic carbocycles. The minimum atomic E-state index is -0.361. The summed E-state index contributed by atoms with van der Waals surface area (Å²) >= 11 is 0. The molecule has 0 heterocycles. The summed E-state index contributed by atoms with van der Waals surface area (Å²) in [4.78, 5) is 0. The highest BCUT2D eigenvalue weighted by Crippen LogP contribution is 2.21. The molecule has 0 aromatic rings. The van der Waals surface area contributed by atoms with E-state index in [2.05, 4.69) is 20.8 Å². The van der Waals surface area contributed by atoms with Gasteiger partial charge in [0, 0.05) is 11.1 Å². The van der Waals surface area contributed by atoms with Crippen molar-refractivity contribution in [2.45, 2.75) is 199 Å². The van der Waals surface area contributed by atoms with Crippen LogP contribution < -0.4 is 11.5 Å². The number of aliphatic hydroxyl groups excluding tert-OH is 2. The van der Waals surface area contributed by atoms with Crippen LogP contribution in [0.2, 0.25) is 0 Å². The van der Waals surface area contributed by atoms with Gasteiger partial charge in [0.1, 0.15) is 0 Å². The highest BCUT2D eigenvalue weighted by atomic mass is 16.3. The first kappa shape index (κ1) is 39.0. The molecule has 37 heavy (non-hydrogen) atoms. The summed E-state index contributed by atoms with van der Waals surface area (Å²) in [6.45, 7) is 8.93. The molecule has 6 N–H and O–H groups in total. The van der Waals surface area contributed by atoms with Crippen LogP contribution in [-0.4, -0.2) is 34.5 Å². The summed E-state index contributed by atoms with van der Waals surface area (Å²) in [5, 5.41) is 18.5. The predicted molar refractivity (Wildman–Crippen MR) is 166 cm³/mol. The van der Waals surface area contributed by atoms with E-state index < -0.39 is 0 Å². The molecule has 2 unspecified atom stereocenters. The second kappa shape index (κ2) is 28.8. The van der Waals surface area contributed by atoms with Crippen molar-refractivity contribution in [1.82, 2.24) is 0 Å². The van der Waals surface area contributed by atoms with Crippen LogP contribution in [0.15, 0.2) is 0 Å². The lowest BCUT2D eigenvalue weighted by Crippen LogP contribution is -2.43. The van der Waals surface area contributed by atoms with Crippen LogP contribution in [-0.2, 0) is 0 Å². The first-order valence-corrected chi connectivity index (χ1v) is 16.6. The van der Waals surface area contributed by atoms with Crippen molar-refractivity contribution in [2.24, 2.45) is 11.5 Å². The van der Waals surface area contributed by atoms with E-state index in [1.807, 2.05) is 6.92 Å². The zero-order valence-corrected chi connectivity index (χ0v) is 26.1. The molecule has 226 valence electrons. The first-order valence-electron chi connectivity index (χ1n) is 16.6. The molecule has 2 atom stereocenters. The molecule has 0 saturated heterocycles. The smallest absolute Gasteiger partial charge is 0.0611 e. The van der Waals surface area contributed by atoms with Gasteiger partial charge < -0.3 is 21.7 Å².